The van der Waals surface area contributed by atoms with Gasteiger partial charge in [0.2, 0.25) is 0 Å². The number of fused-ring (bicyclic) bond motifs is 1. The third-order valence-electron chi connectivity index (χ3n) is 3.05. The molecular weight excluding hydrogens is 208 g/mol. The second-order valence-electron chi connectivity index (χ2n) is 4.42. The molecule has 0 saturated carbocycles. The Morgan fingerprint density at radius 2 is 1.82 bits per heavy atom. The van der Waals surface area contributed by atoms with Crippen molar-refractivity contribution in [3.05, 3.63) is 71.5 Å². The predicted molar refractivity (Wildman–Crippen MR) is 70.2 cm³/mol. The lowest BCUT2D eigenvalue weighted by Crippen LogP contribution is -1.85. The van der Waals surface area contributed by atoms with E-state index in [0.29, 0.717) is 0 Å². The number of hydrogen-bond acceptors (Lipinski definition) is 1. The molecule has 1 nitrogen and oxygen atoms in total. The minimum atomic E-state index is 0.928. The fourth-order valence-corrected chi connectivity index (χ4v) is 2.15. The summed E-state index contributed by atoms with van der Waals surface area (Å²) in [4.78, 5) is 0. The van der Waals surface area contributed by atoms with Gasteiger partial charge in [-0.3, -0.25) is 0 Å². The maximum absolute atomic E-state index is 5.58. The Bertz CT molecular complexity index is 635. The van der Waals surface area contributed by atoms with Crippen molar-refractivity contribution in [1.82, 2.24) is 0 Å². The molecule has 0 atom stereocenters. The minimum Gasteiger partial charge on any atom is -0.464 e. The van der Waals surface area contributed by atoms with E-state index in [1.54, 1.807) is 0 Å². The number of furan rings is 1. The molecule has 3 aromatic rings. The molecule has 0 amide bonds. The van der Waals surface area contributed by atoms with Gasteiger partial charge >= 0.3 is 0 Å². The number of rotatable bonds is 2. The van der Waals surface area contributed by atoms with Crippen LogP contribution in [0.5, 0.6) is 0 Å². The van der Waals surface area contributed by atoms with Crippen LogP contribution < -0.4 is 0 Å². The highest BCUT2D eigenvalue weighted by atomic mass is 16.3. The summed E-state index contributed by atoms with van der Waals surface area (Å²) in [5, 5.41) is 1.23. The highest BCUT2D eigenvalue weighted by molar-refractivity contribution is 5.82. The van der Waals surface area contributed by atoms with Crippen molar-refractivity contribution in [1.29, 1.82) is 0 Å². The van der Waals surface area contributed by atoms with Gasteiger partial charge in [0.25, 0.3) is 0 Å². The zero-order valence-corrected chi connectivity index (χ0v) is 9.81. The van der Waals surface area contributed by atoms with Crippen LogP contribution in [0.15, 0.2) is 59.2 Å². The van der Waals surface area contributed by atoms with E-state index in [4.69, 9.17) is 4.42 Å². The Morgan fingerprint density at radius 1 is 1.00 bits per heavy atom. The van der Waals surface area contributed by atoms with Crippen LogP contribution in [-0.4, -0.2) is 0 Å². The molecule has 2 aromatic carbocycles. The molecule has 3 rings (SSSR count). The predicted octanol–water partition coefficient (Wildman–Crippen LogP) is 4.33. The van der Waals surface area contributed by atoms with Crippen LogP contribution in [0.3, 0.4) is 0 Å². The van der Waals surface area contributed by atoms with Crippen LogP contribution in [0.2, 0.25) is 0 Å². The van der Waals surface area contributed by atoms with Crippen LogP contribution in [-0.2, 0) is 6.42 Å². The summed E-state index contributed by atoms with van der Waals surface area (Å²) in [6, 6.07) is 16.8. The molecule has 17 heavy (non-hydrogen) atoms. The van der Waals surface area contributed by atoms with Gasteiger partial charge in [0.05, 0.1) is 6.26 Å². The van der Waals surface area contributed by atoms with Gasteiger partial charge in [0.15, 0.2) is 0 Å². The summed E-state index contributed by atoms with van der Waals surface area (Å²) in [5.41, 5.74) is 4.82. The van der Waals surface area contributed by atoms with Crippen LogP contribution in [0.25, 0.3) is 11.0 Å². The zero-order valence-electron chi connectivity index (χ0n) is 9.81. The maximum Gasteiger partial charge on any atom is 0.134 e. The largest absolute Gasteiger partial charge is 0.464 e. The summed E-state index contributed by atoms with van der Waals surface area (Å²) in [6.45, 7) is 2.11. The van der Waals surface area contributed by atoms with E-state index in [1.807, 2.05) is 18.4 Å². The first kappa shape index (κ1) is 10.2. The van der Waals surface area contributed by atoms with Gasteiger partial charge in [-0.25, -0.2) is 0 Å². The third-order valence-corrected chi connectivity index (χ3v) is 3.05. The second kappa shape index (κ2) is 4.10. The smallest absolute Gasteiger partial charge is 0.134 e. The summed E-state index contributed by atoms with van der Waals surface area (Å²) in [5.74, 6) is 0. The minimum absolute atomic E-state index is 0.928. The van der Waals surface area contributed by atoms with E-state index in [0.717, 1.165) is 12.0 Å². The van der Waals surface area contributed by atoms with Gasteiger partial charge in [0.1, 0.15) is 5.58 Å². The average molecular weight is 222 g/mol. The molecule has 0 aliphatic heterocycles. The molecule has 0 saturated heterocycles. The molecule has 0 spiro atoms. The first-order chi connectivity index (χ1) is 8.33. The molecular formula is C16H14O. The fraction of sp³-hybridized carbons (Fsp3) is 0.125. The molecule has 0 radical (unpaired) electrons. The molecule has 1 aromatic heterocycles. The van der Waals surface area contributed by atoms with Crippen molar-refractivity contribution in [3.63, 3.8) is 0 Å². The molecule has 1 heteroatoms. The van der Waals surface area contributed by atoms with Gasteiger partial charge in [-0.15, -0.1) is 0 Å². The average Bonchev–Trinajstić information content (AvgIpc) is 2.73. The van der Waals surface area contributed by atoms with E-state index in [-0.39, 0.29) is 0 Å². The van der Waals surface area contributed by atoms with Gasteiger partial charge in [-0.1, -0.05) is 42.0 Å². The summed E-state index contributed by atoms with van der Waals surface area (Å²) < 4.78 is 5.58. The van der Waals surface area contributed by atoms with Gasteiger partial charge < -0.3 is 4.42 Å². The maximum atomic E-state index is 5.58. The highest BCUT2D eigenvalue weighted by Gasteiger charge is 2.06. The molecule has 0 unspecified atom stereocenters. The van der Waals surface area contributed by atoms with E-state index >= 15 is 0 Å². The molecule has 1 heterocycles. The topological polar surface area (TPSA) is 13.1 Å². The van der Waals surface area contributed by atoms with Gasteiger partial charge in [-0.05, 0) is 24.6 Å². The Kier molecular flexibility index (Phi) is 2.45. The van der Waals surface area contributed by atoms with Gasteiger partial charge in [0, 0.05) is 17.4 Å². The lowest BCUT2D eigenvalue weighted by molar-refractivity contribution is 0.611. The van der Waals surface area contributed by atoms with Crippen molar-refractivity contribution in [3.8, 4) is 0 Å². The Labute approximate surface area is 101 Å². The highest BCUT2D eigenvalue weighted by Crippen LogP contribution is 2.24. The Balaban J connectivity index is 2.03. The second-order valence-corrected chi connectivity index (χ2v) is 4.42. The number of aryl methyl sites for hydroxylation is 1. The van der Waals surface area contributed by atoms with E-state index in [1.165, 1.54) is 22.1 Å². The number of benzene rings is 2. The Hall–Kier alpha value is -2.02. The zero-order chi connectivity index (χ0) is 11.7. The van der Waals surface area contributed by atoms with Crippen LogP contribution in [0, 0.1) is 6.92 Å². The number of hydrogen-bond donors (Lipinski definition) is 0. The molecule has 0 aliphatic carbocycles. The first-order valence-electron chi connectivity index (χ1n) is 5.83. The van der Waals surface area contributed by atoms with Crippen LogP contribution in [0.4, 0.5) is 0 Å². The van der Waals surface area contributed by atoms with Crippen molar-refractivity contribution < 1.29 is 4.42 Å². The van der Waals surface area contributed by atoms with Crippen LogP contribution in [0.1, 0.15) is 16.7 Å². The summed E-state index contributed by atoms with van der Waals surface area (Å²) >= 11 is 0. The normalized spacial score (nSPS) is 10.9. The third kappa shape index (κ3) is 1.96. The molecule has 0 bridgehead atoms. The lowest BCUT2D eigenvalue weighted by Gasteiger charge is -1.99. The Morgan fingerprint density at radius 3 is 2.65 bits per heavy atom. The van der Waals surface area contributed by atoms with Crippen molar-refractivity contribution >= 4 is 11.0 Å². The lowest BCUT2D eigenvalue weighted by atomic mass is 10.0. The summed E-state index contributed by atoms with van der Waals surface area (Å²) in [7, 11) is 0. The SMILES string of the molecule is Cc1ccc2occ(Cc3ccccc3)c2c1. The fourth-order valence-electron chi connectivity index (χ4n) is 2.15. The molecule has 84 valence electrons. The van der Waals surface area contributed by atoms with Crippen molar-refractivity contribution in [2.45, 2.75) is 13.3 Å². The van der Waals surface area contributed by atoms with E-state index in [9.17, 15) is 0 Å². The molecule has 0 fully saturated rings. The molecule has 0 N–H and O–H groups in total. The van der Waals surface area contributed by atoms with Gasteiger partial charge in [-0.2, -0.15) is 0 Å². The molecule has 0 aliphatic rings. The van der Waals surface area contributed by atoms with Crippen LogP contribution >= 0.6 is 0 Å². The summed E-state index contributed by atoms with van der Waals surface area (Å²) in [6.07, 6.45) is 2.80. The van der Waals surface area contributed by atoms with Crippen molar-refractivity contribution in [2.75, 3.05) is 0 Å². The van der Waals surface area contributed by atoms with E-state index < -0.39 is 0 Å². The standard InChI is InChI=1S/C16H14O/c1-12-7-8-16-15(9-12)14(11-17-16)10-13-5-3-2-4-6-13/h2-9,11H,10H2,1H3. The van der Waals surface area contributed by atoms with E-state index in [2.05, 4.69) is 43.3 Å². The monoisotopic (exact) mass is 222 g/mol. The van der Waals surface area contributed by atoms with Crippen molar-refractivity contribution in [2.24, 2.45) is 0 Å². The quantitative estimate of drug-likeness (QED) is 0.629. The first-order valence-corrected chi connectivity index (χ1v) is 5.83.